The Morgan fingerprint density at radius 3 is 2.71 bits per heavy atom. The van der Waals surface area contributed by atoms with Crippen LogP contribution in [0, 0.1) is 0 Å². The minimum atomic E-state index is -4.51. The standard InChI is InChI=1S/C15H12ClF3N2O2S/c1-23-12-5-3-2-4-11(12)21-13(22)8-24-14-10(16)6-9(7-20-14)15(17,18)19/h2-7H,8H2,1H3,(H,21,22). The number of anilines is 1. The summed E-state index contributed by atoms with van der Waals surface area (Å²) >= 11 is 6.74. The van der Waals surface area contributed by atoms with Gasteiger partial charge < -0.3 is 10.1 Å². The Hall–Kier alpha value is -1.93. The molecule has 24 heavy (non-hydrogen) atoms. The van der Waals surface area contributed by atoms with Gasteiger partial charge in [0, 0.05) is 6.20 Å². The Kier molecular flexibility index (Phi) is 5.95. The molecule has 0 saturated heterocycles. The molecule has 1 N–H and O–H groups in total. The van der Waals surface area contributed by atoms with E-state index in [2.05, 4.69) is 10.3 Å². The number of carbonyl (C=O) groups is 1. The summed E-state index contributed by atoms with van der Waals surface area (Å²) in [6.45, 7) is 0. The third-order valence-electron chi connectivity index (χ3n) is 2.86. The third kappa shape index (κ3) is 4.78. The number of alkyl halides is 3. The van der Waals surface area contributed by atoms with Gasteiger partial charge in [0.15, 0.2) is 0 Å². The molecular formula is C15H12ClF3N2O2S. The van der Waals surface area contributed by atoms with Crippen LogP contribution in [0.3, 0.4) is 0 Å². The van der Waals surface area contributed by atoms with Crippen molar-refractivity contribution in [1.29, 1.82) is 0 Å². The van der Waals surface area contributed by atoms with E-state index < -0.39 is 11.7 Å². The normalized spacial score (nSPS) is 11.2. The van der Waals surface area contributed by atoms with Gasteiger partial charge in [0.1, 0.15) is 10.8 Å². The van der Waals surface area contributed by atoms with Crippen LogP contribution in [0.2, 0.25) is 5.02 Å². The molecule has 1 heterocycles. The number of hydrogen-bond acceptors (Lipinski definition) is 4. The van der Waals surface area contributed by atoms with Crippen molar-refractivity contribution >= 4 is 35.0 Å². The predicted octanol–water partition coefficient (Wildman–Crippen LogP) is 4.49. The maximum Gasteiger partial charge on any atom is 0.417 e. The van der Waals surface area contributed by atoms with E-state index in [1.54, 1.807) is 24.3 Å². The monoisotopic (exact) mass is 376 g/mol. The third-order valence-corrected chi connectivity index (χ3v) is 4.26. The first kappa shape index (κ1) is 18.4. The van der Waals surface area contributed by atoms with Crippen LogP contribution >= 0.6 is 23.4 Å². The van der Waals surface area contributed by atoms with Crippen LogP contribution in [0.1, 0.15) is 5.56 Å². The molecule has 1 aromatic carbocycles. The van der Waals surface area contributed by atoms with E-state index >= 15 is 0 Å². The molecular weight excluding hydrogens is 365 g/mol. The van der Waals surface area contributed by atoms with Gasteiger partial charge in [-0.05, 0) is 18.2 Å². The molecule has 2 aromatic rings. The molecule has 4 nitrogen and oxygen atoms in total. The number of nitrogens with zero attached hydrogens (tertiary/aromatic N) is 1. The number of pyridine rings is 1. The van der Waals surface area contributed by atoms with Crippen molar-refractivity contribution in [2.24, 2.45) is 0 Å². The highest BCUT2D eigenvalue weighted by Gasteiger charge is 2.31. The molecule has 2 rings (SSSR count). The smallest absolute Gasteiger partial charge is 0.417 e. The van der Waals surface area contributed by atoms with E-state index in [0.717, 1.165) is 17.8 Å². The molecule has 128 valence electrons. The van der Waals surface area contributed by atoms with Crippen LogP contribution < -0.4 is 10.1 Å². The first-order valence-corrected chi connectivity index (χ1v) is 7.96. The van der Waals surface area contributed by atoms with E-state index in [9.17, 15) is 18.0 Å². The highest BCUT2D eigenvalue weighted by Crippen LogP contribution is 2.33. The lowest BCUT2D eigenvalue weighted by atomic mass is 10.3. The second-order valence-electron chi connectivity index (χ2n) is 4.55. The molecule has 0 aliphatic rings. The number of methoxy groups -OCH3 is 1. The Morgan fingerprint density at radius 1 is 1.38 bits per heavy atom. The summed E-state index contributed by atoms with van der Waals surface area (Å²) in [6.07, 6.45) is -3.83. The fraction of sp³-hybridized carbons (Fsp3) is 0.200. The number of halogens is 4. The maximum absolute atomic E-state index is 12.5. The second-order valence-corrected chi connectivity index (χ2v) is 5.92. The maximum atomic E-state index is 12.5. The predicted molar refractivity (Wildman–Crippen MR) is 86.6 cm³/mol. The molecule has 0 spiro atoms. The number of ether oxygens (including phenoxy) is 1. The van der Waals surface area contributed by atoms with Gasteiger partial charge in [-0.25, -0.2) is 4.98 Å². The fourth-order valence-electron chi connectivity index (χ4n) is 1.75. The van der Waals surface area contributed by atoms with Crippen molar-refractivity contribution < 1.29 is 22.7 Å². The molecule has 9 heteroatoms. The van der Waals surface area contributed by atoms with Crippen LogP contribution in [0.25, 0.3) is 0 Å². The molecule has 0 radical (unpaired) electrons. The lowest BCUT2D eigenvalue weighted by Gasteiger charge is -2.10. The first-order chi connectivity index (χ1) is 11.3. The van der Waals surface area contributed by atoms with Crippen LogP contribution in [0.4, 0.5) is 18.9 Å². The van der Waals surface area contributed by atoms with E-state index in [4.69, 9.17) is 16.3 Å². The van der Waals surface area contributed by atoms with Crippen molar-refractivity contribution in [2.75, 3.05) is 18.2 Å². The minimum Gasteiger partial charge on any atom is -0.495 e. The highest BCUT2D eigenvalue weighted by molar-refractivity contribution is 8.00. The number of thioether (sulfide) groups is 1. The van der Waals surface area contributed by atoms with Gasteiger partial charge in [-0.15, -0.1) is 0 Å². The summed E-state index contributed by atoms with van der Waals surface area (Å²) in [5, 5.41) is 2.65. The van der Waals surface area contributed by atoms with Gasteiger partial charge >= 0.3 is 6.18 Å². The molecule has 0 aliphatic carbocycles. The van der Waals surface area contributed by atoms with E-state index in [1.165, 1.54) is 7.11 Å². The van der Waals surface area contributed by atoms with E-state index in [-0.39, 0.29) is 21.7 Å². The Bertz CT molecular complexity index is 741. The van der Waals surface area contributed by atoms with E-state index in [0.29, 0.717) is 17.6 Å². The molecule has 0 bridgehead atoms. The van der Waals surface area contributed by atoms with Gasteiger partial charge in [-0.2, -0.15) is 13.2 Å². The van der Waals surface area contributed by atoms with Gasteiger partial charge in [0.05, 0.1) is 29.1 Å². The molecule has 1 aromatic heterocycles. The Balaban J connectivity index is 1.99. The average Bonchev–Trinajstić information content (AvgIpc) is 2.53. The summed E-state index contributed by atoms with van der Waals surface area (Å²) in [7, 11) is 1.48. The number of carbonyl (C=O) groups excluding carboxylic acids is 1. The van der Waals surface area contributed by atoms with Gasteiger partial charge in [-0.1, -0.05) is 35.5 Å². The molecule has 0 fully saturated rings. The number of aromatic nitrogens is 1. The average molecular weight is 377 g/mol. The van der Waals surface area contributed by atoms with Crippen LogP contribution in [0.15, 0.2) is 41.6 Å². The minimum absolute atomic E-state index is 0.0594. The fourth-order valence-corrected chi connectivity index (χ4v) is 2.75. The van der Waals surface area contributed by atoms with Crippen molar-refractivity contribution in [3.8, 4) is 5.75 Å². The van der Waals surface area contributed by atoms with Crippen molar-refractivity contribution in [2.45, 2.75) is 11.2 Å². The summed E-state index contributed by atoms with van der Waals surface area (Å²) < 4.78 is 42.7. The Labute approximate surface area is 145 Å². The van der Waals surface area contributed by atoms with Gasteiger partial charge in [0.25, 0.3) is 0 Å². The molecule has 0 aliphatic heterocycles. The zero-order valence-electron chi connectivity index (χ0n) is 12.4. The molecule has 1 amide bonds. The largest absolute Gasteiger partial charge is 0.495 e. The topological polar surface area (TPSA) is 51.2 Å². The van der Waals surface area contributed by atoms with E-state index in [1.807, 2.05) is 0 Å². The number of nitrogens with one attached hydrogen (secondary N) is 1. The van der Waals surface area contributed by atoms with Crippen LogP contribution in [0.5, 0.6) is 5.75 Å². The number of benzene rings is 1. The van der Waals surface area contributed by atoms with Crippen molar-refractivity contribution in [3.05, 3.63) is 47.1 Å². The summed E-state index contributed by atoms with van der Waals surface area (Å²) in [6, 6.07) is 7.64. The van der Waals surface area contributed by atoms with Gasteiger partial charge in [0.2, 0.25) is 5.91 Å². The second kappa shape index (κ2) is 7.76. The zero-order chi connectivity index (χ0) is 17.7. The SMILES string of the molecule is COc1ccccc1NC(=O)CSc1ncc(C(F)(F)F)cc1Cl. The lowest BCUT2D eigenvalue weighted by molar-refractivity contribution is -0.137. The number of rotatable bonds is 5. The van der Waals surface area contributed by atoms with Gasteiger partial charge in [-0.3, -0.25) is 4.79 Å². The molecule has 0 saturated carbocycles. The van der Waals surface area contributed by atoms with Crippen molar-refractivity contribution in [1.82, 2.24) is 4.98 Å². The summed E-state index contributed by atoms with van der Waals surface area (Å²) in [5.41, 5.74) is -0.438. The zero-order valence-corrected chi connectivity index (χ0v) is 13.9. The number of amides is 1. The Morgan fingerprint density at radius 2 is 2.08 bits per heavy atom. The van der Waals surface area contributed by atoms with Crippen molar-refractivity contribution in [3.63, 3.8) is 0 Å². The lowest BCUT2D eigenvalue weighted by Crippen LogP contribution is -2.15. The molecule has 0 atom stereocenters. The first-order valence-electron chi connectivity index (χ1n) is 6.59. The quantitative estimate of drug-likeness (QED) is 0.781. The summed E-state index contributed by atoms with van der Waals surface area (Å²) in [4.78, 5) is 15.6. The summed E-state index contributed by atoms with van der Waals surface area (Å²) in [5.74, 6) is 0.0830. The van der Waals surface area contributed by atoms with Crippen LogP contribution in [-0.4, -0.2) is 23.8 Å². The number of hydrogen-bond donors (Lipinski definition) is 1. The highest BCUT2D eigenvalue weighted by atomic mass is 35.5. The molecule has 0 unspecified atom stereocenters. The van der Waals surface area contributed by atoms with Crippen LogP contribution in [-0.2, 0) is 11.0 Å². The number of para-hydroxylation sites is 2.